The summed E-state index contributed by atoms with van der Waals surface area (Å²) in [5.41, 5.74) is 0.402. The van der Waals surface area contributed by atoms with Gasteiger partial charge in [-0.3, -0.25) is 4.79 Å². The molecule has 0 saturated carbocycles. The molecule has 0 atom stereocenters. The summed E-state index contributed by atoms with van der Waals surface area (Å²) in [7, 11) is 0. The second-order valence-electron chi connectivity index (χ2n) is 4.69. The van der Waals surface area contributed by atoms with Gasteiger partial charge in [-0.25, -0.2) is 4.39 Å². The fraction of sp³-hybridized carbons (Fsp3) is 0.429. The maximum Gasteiger partial charge on any atom is 0.233 e. The molecule has 0 aliphatic carbocycles. The molecule has 1 aromatic rings. The zero-order valence-corrected chi connectivity index (χ0v) is 11.2. The van der Waals surface area contributed by atoms with Crippen LogP contribution in [0.25, 0.3) is 0 Å². The summed E-state index contributed by atoms with van der Waals surface area (Å²) < 4.78 is 13.7. The topological polar surface area (TPSA) is 64.9 Å². The van der Waals surface area contributed by atoms with E-state index in [1.54, 1.807) is 18.2 Å². The second-order valence-corrected chi connectivity index (χ2v) is 4.69. The Morgan fingerprint density at radius 1 is 1.47 bits per heavy atom. The lowest BCUT2D eigenvalue weighted by Gasteiger charge is -2.09. The summed E-state index contributed by atoms with van der Waals surface area (Å²) in [5.74, 6) is -0.251. The van der Waals surface area contributed by atoms with Crippen LogP contribution in [0.2, 0.25) is 0 Å². The Morgan fingerprint density at radius 3 is 2.84 bits per heavy atom. The number of hydrogen-bond donors (Lipinski definition) is 2. The van der Waals surface area contributed by atoms with Crippen molar-refractivity contribution in [1.82, 2.24) is 10.6 Å². The largest absolute Gasteiger partial charge is 0.355 e. The molecule has 0 radical (unpaired) electrons. The van der Waals surface area contributed by atoms with Gasteiger partial charge in [0.2, 0.25) is 5.91 Å². The smallest absolute Gasteiger partial charge is 0.233 e. The first kappa shape index (κ1) is 15.1. The lowest BCUT2D eigenvalue weighted by molar-refractivity contribution is -0.120. The average Bonchev–Trinajstić information content (AvgIpc) is 2.38. The monoisotopic (exact) mass is 263 g/mol. The Hall–Kier alpha value is -1.93. The van der Waals surface area contributed by atoms with Gasteiger partial charge in [0.25, 0.3) is 0 Å². The van der Waals surface area contributed by atoms with Crippen molar-refractivity contribution in [1.29, 1.82) is 5.26 Å². The van der Waals surface area contributed by atoms with E-state index in [-0.39, 0.29) is 24.6 Å². The first-order valence-electron chi connectivity index (χ1n) is 6.19. The first-order chi connectivity index (χ1) is 9.04. The van der Waals surface area contributed by atoms with Gasteiger partial charge < -0.3 is 10.6 Å². The van der Waals surface area contributed by atoms with Crippen LogP contribution in [0.15, 0.2) is 18.2 Å². The van der Waals surface area contributed by atoms with Gasteiger partial charge in [-0.1, -0.05) is 26.0 Å². The summed E-state index contributed by atoms with van der Waals surface area (Å²) in [4.78, 5) is 11.4. The Bertz CT molecular complexity index is 480. The van der Waals surface area contributed by atoms with Gasteiger partial charge in [-0.15, -0.1) is 0 Å². The molecule has 1 amide bonds. The Morgan fingerprint density at radius 2 is 2.21 bits per heavy atom. The van der Waals surface area contributed by atoms with Gasteiger partial charge in [-0.2, -0.15) is 5.26 Å². The van der Waals surface area contributed by atoms with Crippen LogP contribution in [0, 0.1) is 23.1 Å². The minimum atomic E-state index is -0.528. The lowest BCUT2D eigenvalue weighted by Crippen LogP contribution is -2.35. The molecule has 0 aliphatic heterocycles. The minimum absolute atomic E-state index is 0.0172. The molecule has 1 rings (SSSR count). The molecule has 5 heteroatoms. The third-order valence-corrected chi connectivity index (χ3v) is 2.51. The molecule has 1 aromatic carbocycles. The normalized spacial score (nSPS) is 10.3. The van der Waals surface area contributed by atoms with Crippen LogP contribution in [0.5, 0.6) is 0 Å². The van der Waals surface area contributed by atoms with Gasteiger partial charge in [0.1, 0.15) is 11.9 Å². The predicted molar refractivity (Wildman–Crippen MR) is 70.7 cm³/mol. The lowest BCUT2D eigenvalue weighted by atomic mass is 10.1. The van der Waals surface area contributed by atoms with E-state index in [1.807, 2.05) is 13.8 Å². The van der Waals surface area contributed by atoms with Crippen LogP contribution in [0.3, 0.4) is 0 Å². The highest BCUT2D eigenvalue weighted by molar-refractivity contribution is 5.77. The van der Waals surface area contributed by atoms with E-state index in [2.05, 4.69) is 10.6 Å². The molecule has 4 nitrogen and oxygen atoms in total. The molecule has 0 unspecified atom stereocenters. The highest BCUT2D eigenvalue weighted by Gasteiger charge is 2.08. The molecule has 0 fully saturated rings. The molecule has 0 saturated heterocycles. The fourth-order valence-corrected chi connectivity index (χ4v) is 1.49. The van der Waals surface area contributed by atoms with Gasteiger partial charge in [0, 0.05) is 18.7 Å². The van der Waals surface area contributed by atoms with E-state index < -0.39 is 5.82 Å². The van der Waals surface area contributed by atoms with E-state index >= 15 is 0 Å². The summed E-state index contributed by atoms with van der Waals surface area (Å²) in [5, 5.41) is 14.3. The zero-order valence-electron chi connectivity index (χ0n) is 11.2. The first-order valence-corrected chi connectivity index (χ1v) is 6.19. The van der Waals surface area contributed by atoms with E-state index in [0.717, 1.165) is 0 Å². The van der Waals surface area contributed by atoms with Crippen molar-refractivity contribution >= 4 is 5.91 Å². The van der Waals surface area contributed by atoms with E-state index in [4.69, 9.17) is 5.26 Å². The number of hydrogen-bond acceptors (Lipinski definition) is 3. The third kappa shape index (κ3) is 5.06. The van der Waals surface area contributed by atoms with Gasteiger partial charge in [0.15, 0.2) is 0 Å². The number of nitriles is 1. The molecule has 102 valence electrons. The maximum atomic E-state index is 13.7. The van der Waals surface area contributed by atoms with E-state index in [1.165, 1.54) is 6.07 Å². The molecular weight excluding hydrogens is 245 g/mol. The number of carbonyl (C=O) groups excluding carboxylic acids is 1. The zero-order chi connectivity index (χ0) is 14.3. The van der Waals surface area contributed by atoms with Gasteiger partial charge in [-0.05, 0) is 12.0 Å². The van der Waals surface area contributed by atoms with Crippen LogP contribution in [0.1, 0.15) is 25.0 Å². The quantitative estimate of drug-likeness (QED) is 0.818. The summed E-state index contributed by atoms with van der Waals surface area (Å²) in [6.45, 7) is 4.99. The number of halogens is 1. The van der Waals surface area contributed by atoms with Crippen LogP contribution in [-0.4, -0.2) is 19.0 Å². The highest BCUT2D eigenvalue weighted by atomic mass is 19.1. The van der Waals surface area contributed by atoms with Crippen molar-refractivity contribution < 1.29 is 9.18 Å². The SMILES string of the molecule is CC(C)CNC(=O)CNCc1cccc(C#N)c1F. The molecule has 2 N–H and O–H groups in total. The number of amides is 1. The molecule has 0 aliphatic rings. The van der Waals surface area contributed by atoms with Crippen molar-refractivity contribution in [2.75, 3.05) is 13.1 Å². The maximum absolute atomic E-state index is 13.7. The average molecular weight is 263 g/mol. The van der Waals surface area contributed by atoms with Crippen molar-refractivity contribution in [3.05, 3.63) is 35.1 Å². The minimum Gasteiger partial charge on any atom is -0.355 e. The van der Waals surface area contributed by atoms with Crippen molar-refractivity contribution in [3.63, 3.8) is 0 Å². The third-order valence-electron chi connectivity index (χ3n) is 2.51. The molecule has 0 bridgehead atoms. The van der Waals surface area contributed by atoms with Gasteiger partial charge in [0.05, 0.1) is 12.1 Å². The molecule has 0 spiro atoms. The number of rotatable bonds is 6. The molecule has 0 aromatic heterocycles. The molecule has 19 heavy (non-hydrogen) atoms. The predicted octanol–water partition coefficient (Wildman–Crippen LogP) is 1.56. The van der Waals surface area contributed by atoms with Crippen LogP contribution in [-0.2, 0) is 11.3 Å². The number of carbonyl (C=O) groups is 1. The fourth-order valence-electron chi connectivity index (χ4n) is 1.49. The second kappa shape index (κ2) is 7.49. The van der Waals surface area contributed by atoms with E-state index in [0.29, 0.717) is 18.0 Å². The molecule has 0 heterocycles. The standard InChI is InChI=1S/C14H18FN3O/c1-10(2)7-18-13(19)9-17-8-12-5-3-4-11(6-16)14(12)15/h3-5,10,17H,7-9H2,1-2H3,(H,18,19). The Labute approximate surface area is 112 Å². The number of benzene rings is 1. The van der Waals surface area contributed by atoms with E-state index in [9.17, 15) is 9.18 Å². The van der Waals surface area contributed by atoms with Crippen LogP contribution in [0.4, 0.5) is 4.39 Å². The molecular formula is C14H18FN3O. The van der Waals surface area contributed by atoms with Crippen molar-refractivity contribution in [2.45, 2.75) is 20.4 Å². The Balaban J connectivity index is 2.42. The van der Waals surface area contributed by atoms with Crippen molar-refractivity contribution in [3.8, 4) is 6.07 Å². The number of nitrogens with zero attached hydrogens (tertiary/aromatic N) is 1. The highest BCUT2D eigenvalue weighted by Crippen LogP contribution is 2.11. The summed E-state index contributed by atoms with van der Waals surface area (Å²) in [6.07, 6.45) is 0. The van der Waals surface area contributed by atoms with Crippen LogP contribution >= 0.6 is 0 Å². The van der Waals surface area contributed by atoms with Crippen molar-refractivity contribution in [2.24, 2.45) is 5.92 Å². The summed E-state index contributed by atoms with van der Waals surface area (Å²) >= 11 is 0. The van der Waals surface area contributed by atoms with Gasteiger partial charge >= 0.3 is 0 Å². The van der Waals surface area contributed by atoms with Crippen LogP contribution < -0.4 is 10.6 Å². The number of nitrogens with one attached hydrogen (secondary N) is 2. The summed E-state index contributed by atoms with van der Waals surface area (Å²) in [6, 6.07) is 6.43. The Kier molecular flexibility index (Phi) is 5.97.